The fourth-order valence-electron chi connectivity index (χ4n) is 1.19. The first-order valence-corrected chi connectivity index (χ1v) is 5.32. The third-order valence-corrected chi connectivity index (χ3v) is 3.24. The molecule has 4 heteroatoms. The van der Waals surface area contributed by atoms with Crippen molar-refractivity contribution in [2.45, 2.75) is 0 Å². The van der Waals surface area contributed by atoms with E-state index in [-0.39, 0.29) is 5.91 Å². The van der Waals surface area contributed by atoms with Crippen molar-refractivity contribution in [2.75, 3.05) is 0 Å². The summed E-state index contributed by atoms with van der Waals surface area (Å²) in [5.74, 6) is -0.367. The molecule has 2 rings (SSSR count). The van der Waals surface area contributed by atoms with Gasteiger partial charge in [0.15, 0.2) is 0 Å². The van der Waals surface area contributed by atoms with Gasteiger partial charge in [0.25, 0.3) is 0 Å². The van der Waals surface area contributed by atoms with Crippen LogP contribution < -0.4 is 5.73 Å². The predicted octanol–water partition coefficient (Wildman–Crippen LogP) is 2.76. The zero-order valence-corrected chi connectivity index (χ0v) is 8.98. The molecule has 2 N–H and O–H groups in total. The van der Waals surface area contributed by atoms with Gasteiger partial charge in [0.05, 0.1) is 5.56 Å². The molecule has 0 aliphatic carbocycles. The Bertz CT molecular complexity index is 477. The Morgan fingerprint density at radius 1 is 1.46 bits per heavy atom. The van der Waals surface area contributed by atoms with Crippen LogP contribution >= 0.6 is 27.3 Å². The van der Waals surface area contributed by atoms with Crippen LogP contribution in [0.1, 0.15) is 10.4 Å². The molecule has 0 unspecified atom stereocenters. The van der Waals surface area contributed by atoms with E-state index >= 15 is 0 Å². The number of rotatable bonds is 1. The van der Waals surface area contributed by atoms with Gasteiger partial charge in [0.1, 0.15) is 0 Å². The molecule has 1 heterocycles. The SMILES string of the molecule is NC(=O)c1csc2cc(Br)ccc12. The van der Waals surface area contributed by atoms with Gasteiger partial charge in [-0.25, -0.2) is 0 Å². The first-order valence-electron chi connectivity index (χ1n) is 3.65. The normalized spacial score (nSPS) is 10.5. The second kappa shape index (κ2) is 3.12. The summed E-state index contributed by atoms with van der Waals surface area (Å²) in [5, 5.41) is 2.72. The summed E-state index contributed by atoms with van der Waals surface area (Å²) >= 11 is 4.89. The Morgan fingerprint density at radius 2 is 2.23 bits per heavy atom. The lowest BCUT2D eigenvalue weighted by Gasteiger charge is -1.93. The number of hydrogen-bond acceptors (Lipinski definition) is 2. The quantitative estimate of drug-likeness (QED) is 0.837. The van der Waals surface area contributed by atoms with Crippen LogP contribution in [0, 0.1) is 0 Å². The molecule has 0 fully saturated rings. The molecule has 2 nitrogen and oxygen atoms in total. The lowest BCUT2D eigenvalue weighted by atomic mass is 10.2. The van der Waals surface area contributed by atoms with Crippen molar-refractivity contribution in [3.05, 3.63) is 33.6 Å². The maximum Gasteiger partial charge on any atom is 0.250 e. The lowest BCUT2D eigenvalue weighted by molar-refractivity contribution is 0.100. The summed E-state index contributed by atoms with van der Waals surface area (Å²) in [5.41, 5.74) is 5.82. The van der Waals surface area contributed by atoms with Gasteiger partial charge in [0.2, 0.25) is 5.91 Å². The Labute approximate surface area is 87.5 Å². The summed E-state index contributed by atoms with van der Waals surface area (Å²) in [4.78, 5) is 11.0. The molecule has 1 aromatic heterocycles. The highest BCUT2D eigenvalue weighted by molar-refractivity contribution is 9.10. The number of amides is 1. The number of nitrogens with two attached hydrogens (primary N) is 1. The van der Waals surface area contributed by atoms with Crippen molar-refractivity contribution in [3.8, 4) is 0 Å². The fourth-order valence-corrected chi connectivity index (χ4v) is 2.69. The van der Waals surface area contributed by atoms with Crippen LogP contribution in [0.3, 0.4) is 0 Å². The number of carbonyl (C=O) groups is 1. The molecule has 2 aromatic rings. The average Bonchev–Trinajstić information content (AvgIpc) is 2.46. The monoisotopic (exact) mass is 255 g/mol. The van der Waals surface area contributed by atoms with E-state index in [1.807, 2.05) is 18.2 Å². The topological polar surface area (TPSA) is 43.1 Å². The Hall–Kier alpha value is -0.870. The van der Waals surface area contributed by atoms with Crippen molar-refractivity contribution in [1.82, 2.24) is 0 Å². The van der Waals surface area contributed by atoms with E-state index in [0.29, 0.717) is 5.56 Å². The van der Waals surface area contributed by atoms with E-state index in [4.69, 9.17) is 5.73 Å². The van der Waals surface area contributed by atoms with E-state index in [1.54, 1.807) is 5.38 Å². The smallest absolute Gasteiger partial charge is 0.250 e. The number of carbonyl (C=O) groups excluding carboxylic acids is 1. The van der Waals surface area contributed by atoms with Crippen LogP contribution in [0.5, 0.6) is 0 Å². The third kappa shape index (κ3) is 1.47. The van der Waals surface area contributed by atoms with Crippen LogP contribution in [-0.4, -0.2) is 5.91 Å². The van der Waals surface area contributed by atoms with Crippen molar-refractivity contribution in [1.29, 1.82) is 0 Å². The molecule has 0 saturated carbocycles. The summed E-state index contributed by atoms with van der Waals surface area (Å²) in [6.07, 6.45) is 0. The van der Waals surface area contributed by atoms with E-state index < -0.39 is 0 Å². The first kappa shape index (κ1) is 8.72. The van der Waals surface area contributed by atoms with Gasteiger partial charge in [-0.1, -0.05) is 22.0 Å². The van der Waals surface area contributed by atoms with Gasteiger partial charge in [-0.3, -0.25) is 4.79 Å². The van der Waals surface area contributed by atoms with Crippen molar-refractivity contribution in [3.63, 3.8) is 0 Å². The van der Waals surface area contributed by atoms with Crippen LogP contribution in [0.15, 0.2) is 28.1 Å². The zero-order valence-electron chi connectivity index (χ0n) is 6.58. The predicted molar refractivity (Wildman–Crippen MR) is 58.0 cm³/mol. The highest BCUT2D eigenvalue weighted by Crippen LogP contribution is 2.28. The molecule has 1 amide bonds. The lowest BCUT2D eigenvalue weighted by Crippen LogP contribution is -2.09. The number of fused-ring (bicyclic) bond motifs is 1. The molecule has 0 spiro atoms. The van der Waals surface area contributed by atoms with E-state index in [2.05, 4.69) is 15.9 Å². The largest absolute Gasteiger partial charge is 0.366 e. The minimum Gasteiger partial charge on any atom is -0.366 e. The molecule has 0 aliphatic rings. The molecule has 1 aromatic carbocycles. The molecule has 0 atom stereocenters. The average molecular weight is 256 g/mol. The molecular formula is C9H6BrNOS. The number of primary amides is 1. The van der Waals surface area contributed by atoms with E-state index in [0.717, 1.165) is 14.6 Å². The molecule has 66 valence electrons. The van der Waals surface area contributed by atoms with Crippen molar-refractivity contribution < 1.29 is 4.79 Å². The zero-order chi connectivity index (χ0) is 9.42. The maximum atomic E-state index is 11.0. The molecule has 0 radical (unpaired) electrons. The molecule has 13 heavy (non-hydrogen) atoms. The van der Waals surface area contributed by atoms with Crippen molar-refractivity contribution >= 4 is 43.3 Å². The molecular weight excluding hydrogens is 250 g/mol. The standard InChI is InChI=1S/C9H6BrNOS/c10-5-1-2-6-7(9(11)12)4-13-8(6)3-5/h1-4H,(H2,11,12). The number of hydrogen-bond donors (Lipinski definition) is 1. The van der Waals surface area contributed by atoms with Crippen LogP contribution in [0.2, 0.25) is 0 Å². The first-order chi connectivity index (χ1) is 6.18. The van der Waals surface area contributed by atoms with Crippen LogP contribution in [-0.2, 0) is 0 Å². The molecule has 0 saturated heterocycles. The Balaban J connectivity index is 2.76. The molecule has 0 aliphatic heterocycles. The van der Waals surface area contributed by atoms with Crippen molar-refractivity contribution in [2.24, 2.45) is 5.73 Å². The summed E-state index contributed by atoms with van der Waals surface area (Å²) < 4.78 is 2.08. The summed E-state index contributed by atoms with van der Waals surface area (Å²) in [6, 6.07) is 5.78. The summed E-state index contributed by atoms with van der Waals surface area (Å²) in [6.45, 7) is 0. The highest BCUT2D eigenvalue weighted by Gasteiger charge is 2.08. The van der Waals surface area contributed by atoms with Crippen LogP contribution in [0.4, 0.5) is 0 Å². The number of thiophene rings is 1. The number of benzene rings is 1. The molecule has 0 bridgehead atoms. The second-order valence-corrected chi connectivity index (χ2v) is 4.48. The van der Waals surface area contributed by atoms with Gasteiger partial charge in [-0.2, -0.15) is 0 Å². The minimum absolute atomic E-state index is 0.367. The third-order valence-electron chi connectivity index (χ3n) is 1.80. The highest BCUT2D eigenvalue weighted by atomic mass is 79.9. The van der Waals surface area contributed by atoms with Gasteiger partial charge >= 0.3 is 0 Å². The second-order valence-electron chi connectivity index (χ2n) is 2.65. The Kier molecular flexibility index (Phi) is 2.09. The van der Waals surface area contributed by atoms with Gasteiger partial charge < -0.3 is 5.73 Å². The maximum absolute atomic E-state index is 11.0. The number of halogens is 1. The van der Waals surface area contributed by atoms with E-state index in [9.17, 15) is 4.79 Å². The fraction of sp³-hybridized carbons (Fsp3) is 0. The Morgan fingerprint density at radius 3 is 2.92 bits per heavy atom. The van der Waals surface area contributed by atoms with Gasteiger partial charge in [-0.15, -0.1) is 11.3 Å². The van der Waals surface area contributed by atoms with Gasteiger partial charge in [-0.05, 0) is 12.1 Å². The van der Waals surface area contributed by atoms with Gasteiger partial charge in [0, 0.05) is 19.9 Å². The minimum atomic E-state index is -0.367. The van der Waals surface area contributed by atoms with E-state index in [1.165, 1.54) is 11.3 Å². The summed E-state index contributed by atoms with van der Waals surface area (Å²) in [7, 11) is 0. The van der Waals surface area contributed by atoms with Crippen LogP contribution in [0.25, 0.3) is 10.1 Å².